The van der Waals surface area contributed by atoms with E-state index in [9.17, 15) is 0 Å². The molecular formula is C8H10N2O. The summed E-state index contributed by atoms with van der Waals surface area (Å²) in [6, 6.07) is 0. The molecular weight excluding hydrogens is 140 g/mol. The van der Waals surface area contributed by atoms with Gasteiger partial charge >= 0.3 is 0 Å². The lowest BCUT2D eigenvalue weighted by atomic mass is 10.3. The van der Waals surface area contributed by atoms with Gasteiger partial charge in [-0.2, -0.15) is 4.98 Å². The Bertz CT molecular complexity index is 286. The number of hydrogen-bond acceptors (Lipinski definition) is 3. The molecule has 0 aromatic carbocycles. The van der Waals surface area contributed by atoms with E-state index >= 15 is 0 Å². The predicted octanol–water partition coefficient (Wildman–Crippen LogP) is 1.97. The van der Waals surface area contributed by atoms with Gasteiger partial charge in [-0.05, 0) is 6.92 Å². The molecule has 1 rings (SSSR count). The predicted molar refractivity (Wildman–Crippen MR) is 42.9 cm³/mol. The second-order valence-electron chi connectivity index (χ2n) is 2.16. The molecule has 0 aliphatic carbocycles. The van der Waals surface area contributed by atoms with Crippen LogP contribution in [-0.2, 0) is 0 Å². The van der Waals surface area contributed by atoms with Gasteiger partial charge in [0, 0.05) is 12.5 Å². The van der Waals surface area contributed by atoms with Crippen LogP contribution < -0.4 is 0 Å². The summed E-state index contributed by atoms with van der Waals surface area (Å²) in [4.78, 5) is 4.00. The molecule has 0 unspecified atom stereocenters. The molecule has 0 aliphatic heterocycles. The van der Waals surface area contributed by atoms with Crippen LogP contribution in [0.5, 0.6) is 0 Å². The molecule has 0 bridgehead atoms. The molecule has 0 saturated carbocycles. The molecule has 0 atom stereocenters. The van der Waals surface area contributed by atoms with Gasteiger partial charge in [-0.15, -0.1) is 0 Å². The summed E-state index contributed by atoms with van der Waals surface area (Å²) in [5, 5.41) is 3.70. The Kier molecular flexibility index (Phi) is 2.21. The highest BCUT2D eigenvalue weighted by Gasteiger charge is 2.01. The zero-order chi connectivity index (χ0) is 8.27. The Morgan fingerprint density at radius 1 is 1.64 bits per heavy atom. The van der Waals surface area contributed by atoms with E-state index < -0.39 is 0 Å². The van der Waals surface area contributed by atoms with Crippen LogP contribution in [-0.4, -0.2) is 10.1 Å². The molecule has 1 aromatic heterocycles. The van der Waals surface area contributed by atoms with Crippen molar-refractivity contribution in [2.24, 2.45) is 0 Å². The van der Waals surface area contributed by atoms with Crippen LogP contribution >= 0.6 is 0 Å². The number of rotatable bonds is 2. The van der Waals surface area contributed by atoms with Crippen LogP contribution in [0.2, 0.25) is 0 Å². The van der Waals surface area contributed by atoms with Crippen molar-refractivity contribution in [3.8, 4) is 0 Å². The zero-order valence-electron chi connectivity index (χ0n) is 6.66. The van der Waals surface area contributed by atoms with Crippen LogP contribution in [0.3, 0.4) is 0 Å². The number of hydrogen-bond donors (Lipinski definition) is 0. The van der Waals surface area contributed by atoms with Crippen molar-refractivity contribution in [1.82, 2.24) is 10.1 Å². The first-order valence-corrected chi connectivity index (χ1v) is 3.36. The molecule has 0 aliphatic rings. The first kappa shape index (κ1) is 7.72. The van der Waals surface area contributed by atoms with E-state index in [1.807, 2.05) is 19.1 Å². The monoisotopic (exact) mass is 150 g/mol. The minimum atomic E-state index is 0.556. The molecule has 1 aromatic rings. The normalized spacial score (nSPS) is 10.7. The van der Waals surface area contributed by atoms with Crippen molar-refractivity contribution in [2.45, 2.75) is 13.8 Å². The van der Waals surface area contributed by atoms with Gasteiger partial charge in [0.15, 0.2) is 0 Å². The van der Waals surface area contributed by atoms with Crippen LogP contribution in [0.25, 0.3) is 5.57 Å². The minimum Gasteiger partial charge on any atom is -0.339 e. The number of nitrogens with zero attached hydrogens (tertiary/aromatic N) is 2. The molecule has 0 amide bonds. The van der Waals surface area contributed by atoms with Crippen molar-refractivity contribution < 1.29 is 4.52 Å². The fourth-order valence-electron chi connectivity index (χ4n) is 0.705. The quantitative estimate of drug-likeness (QED) is 0.605. The largest absolute Gasteiger partial charge is 0.339 e. The zero-order valence-corrected chi connectivity index (χ0v) is 6.66. The van der Waals surface area contributed by atoms with Crippen molar-refractivity contribution in [3.63, 3.8) is 0 Å². The standard InChI is InChI=1S/C8H10N2O/c1-4-5-6(2)8-9-7(3)11-10-8/h4-5H,2H2,1,3H3/b5-4-. The van der Waals surface area contributed by atoms with Crippen LogP contribution in [0.1, 0.15) is 18.6 Å². The maximum Gasteiger partial charge on any atom is 0.223 e. The van der Waals surface area contributed by atoms with Gasteiger partial charge in [0.25, 0.3) is 0 Å². The lowest BCUT2D eigenvalue weighted by Crippen LogP contribution is -1.81. The molecule has 3 nitrogen and oxygen atoms in total. The molecule has 1 heterocycles. The van der Waals surface area contributed by atoms with Crippen LogP contribution in [0.4, 0.5) is 0 Å². The van der Waals surface area contributed by atoms with Gasteiger partial charge in [-0.3, -0.25) is 0 Å². The topological polar surface area (TPSA) is 38.9 Å². The summed E-state index contributed by atoms with van der Waals surface area (Å²) in [5.74, 6) is 1.12. The smallest absolute Gasteiger partial charge is 0.223 e. The summed E-state index contributed by atoms with van der Waals surface area (Å²) in [7, 11) is 0. The van der Waals surface area contributed by atoms with Gasteiger partial charge in [0.2, 0.25) is 11.7 Å². The second-order valence-corrected chi connectivity index (χ2v) is 2.16. The minimum absolute atomic E-state index is 0.556. The molecule has 0 N–H and O–H groups in total. The summed E-state index contributed by atoms with van der Waals surface area (Å²) >= 11 is 0. The third-order valence-corrected chi connectivity index (χ3v) is 1.18. The van der Waals surface area contributed by atoms with E-state index in [4.69, 9.17) is 4.52 Å². The van der Waals surface area contributed by atoms with Gasteiger partial charge in [-0.25, -0.2) is 0 Å². The molecule has 0 saturated heterocycles. The summed E-state index contributed by atoms with van der Waals surface area (Å²) in [6.07, 6.45) is 3.72. The molecule has 0 spiro atoms. The van der Waals surface area contributed by atoms with E-state index in [1.165, 1.54) is 0 Å². The Labute approximate surface area is 65.4 Å². The van der Waals surface area contributed by atoms with Crippen molar-refractivity contribution >= 4 is 5.57 Å². The maximum absolute atomic E-state index is 4.78. The highest BCUT2D eigenvalue weighted by molar-refractivity contribution is 5.66. The number of allylic oxidation sites excluding steroid dienone is 3. The van der Waals surface area contributed by atoms with E-state index in [1.54, 1.807) is 6.92 Å². The number of aromatic nitrogens is 2. The number of aryl methyl sites for hydroxylation is 1. The van der Waals surface area contributed by atoms with E-state index in [0.717, 1.165) is 5.57 Å². The van der Waals surface area contributed by atoms with Crippen LogP contribution in [0, 0.1) is 6.92 Å². The SMILES string of the molecule is C=C(/C=C\C)c1noc(C)n1. The molecule has 0 radical (unpaired) electrons. The van der Waals surface area contributed by atoms with E-state index in [0.29, 0.717) is 11.7 Å². The first-order chi connectivity index (χ1) is 5.24. The van der Waals surface area contributed by atoms with Crippen molar-refractivity contribution in [1.29, 1.82) is 0 Å². The Morgan fingerprint density at radius 3 is 2.82 bits per heavy atom. The van der Waals surface area contributed by atoms with E-state index in [2.05, 4.69) is 16.7 Å². The first-order valence-electron chi connectivity index (χ1n) is 3.36. The van der Waals surface area contributed by atoms with Crippen LogP contribution in [0.15, 0.2) is 23.3 Å². The Hall–Kier alpha value is -1.38. The highest BCUT2D eigenvalue weighted by atomic mass is 16.5. The fraction of sp³-hybridized carbons (Fsp3) is 0.250. The van der Waals surface area contributed by atoms with Gasteiger partial charge in [-0.1, -0.05) is 23.9 Å². The maximum atomic E-state index is 4.78. The molecule has 58 valence electrons. The highest BCUT2D eigenvalue weighted by Crippen LogP contribution is 2.08. The lowest BCUT2D eigenvalue weighted by Gasteiger charge is -1.86. The summed E-state index contributed by atoms with van der Waals surface area (Å²) < 4.78 is 4.78. The molecule has 0 fully saturated rings. The lowest BCUT2D eigenvalue weighted by molar-refractivity contribution is 0.391. The summed E-state index contributed by atoms with van der Waals surface area (Å²) in [6.45, 7) is 7.42. The summed E-state index contributed by atoms with van der Waals surface area (Å²) in [5.41, 5.74) is 0.768. The molecule has 3 heteroatoms. The van der Waals surface area contributed by atoms with Gasteiger partial charge in [0.05, 0.1) is 0 Å². The van der Waals surface area contributed by atoms with Gasteiger partial charge in [0.1, 0.15) is 0 Å². The van der Waals surface area contributed by atoms with Crippen molar-refractivity contribution in [3.05, 3.63) is 30.4 Å². The second kappa shape index (κ2) is 3.14. The third kappa shape index (κ3) is 1.77. The van der Waals surface area contributed by atoms with E-state index in [-0.39, 0.29) is 0 Å². The Morgan fingerprint density at radius 2 is 2.36 bits per heavy atom. The Balaban J connectivity index is 2.85. The van der Waals surface area contributed by atoms with Crippen molar-refractivity contribution in [2.75, 3.05) is 0 Å². The molecule has 11 heavy (non-hydrogen) atoms. The average Bonchev–Trinajstić information content (AvgIpc) is 2.36. The average molecular weight is 150 g/mol. The van der Waals surface area contributed by atoms with Gasteiger partial charge < -0.3 is 4.52 Å². The third-order valence-electron chi connectivity index (χ3n) is 1.18. The fourth-order valence-corrected chi connectivity index (χ4v) is 0.705.